The van der Waals surface area contributed by atoms with E-state index in [-0.39, 0.29) is 17.4 Å². The Morgan fingerprint density at radius 2 is 2.12 bits per heavy atom. The third-order valence-electron chi connectivity index (χ3n) is 5.87. The average Bonchev–Trinajstić information content (AvgIpc) is 3.07. The van der Waals surface area contributed by atoms with E-state index in [1.807, 2.05) is 24.4 Å². The van der Waals surface area contributed by atoms with Gasteiger partial charge in [0.2, 0.25) is 0 Å². The Bertz CT molecular complexity index is 866. The minimum atomic E-state index is -0.503. The van der Waals surface area contributed by atoms with Crippen LogP contribution in [0.1, 0.15) is 45.6 Å². The van der Waals surface area contributed by atoms with E-state index in [1.54, 1.807) is 7.11 Å². The van der Waals surface area contributed by atoms with Crippen molar-refractivity contribution in [2.75, 3.05) is 7.11 Å². The second-order valence-corrected chi connectivity index (χ2v) is 8.15. The first-order valence-electron chi connectivity index (χ1n) is 9.20. The molecule has 0 radical (unpaired) electrons. The topological polar surface area (TPSA) is 63.1 Å². The van der Waals surface area contributed by atoms with E-state index in [0.717, 1.165) is 41.0 Å². The number of carbonyl (C=O) groups excluding carboxylic acids is 1. The van der Waals surface area contributed by atoms with E-state index in [0.29, 0.717) is 6.42 Å². The van der Waals surface area contributed by atoms with Crippen LogP contribution < -0.4 is 10.1 Å². The largest absolute Gasteiger partial charge is 0.497 e. The molecule has 0 saturated carbocycles. The molecule has 2 aliphatic heterocycles. The van der Waals surface area contributed by atoms with Gasteiger partial charge in [-0.2, -0.15) is 10.2 Å². The zero-order valence-corrected chi connectivity index (χ0v) is 15.8. The van der Waals surface area contributed by atoms with Gasteiger partial charge in [-0.05, 0) is 36.0 Å². The fraction of sp³-hybridized carbons (Fsp3) is 0.476. The van der Waals surface area contributed by atoms with Crippen molar-refractivity contribution in [3.05, 3.63) is 52.9 Å². The predicted molar refractivity (Wildman–Crippen MR) is 99.9 cm³/mol. The smallest absolute Gasteiger partial charge is 0.164 e. The van der Waals surface area contributed by atoms with E-state index < -0.39 is 5.41 Å². The van der Waals surface area contributed by atoms with Gasteiger partial charge in [-0.3, -0.25) is 4.79 Å². The molecule has 1 N–H and O–H groups in total. The Hall–Kier alpha value is -2.43. The number of ether oxygens (including phenoxy) is 1. The summed E-state index contributed by atoms with van der Waals surface area (Å²) in [5, 5.41) is 12.1. The number of hydrogen-bond acceptors (Lipinski definition) is 5. The van der Waals surface area contributed by atoms with E-state index in [9.17, 15) is 4.79 Å². The van der Waals surface area contributed by atoms with Gasteiger partial charge < -0.3 is 10.1 Å². The summed E-state index contributed by atoms with van der Waals surface area (Å²) in [5.74, 6) is 1.02. The number of benzene rings is 1. The third-order valence-corrected chi connectivity index (χ3v) is 5.87. The molecule has 2 heterocycles. The molecule has 4 rings (SSSR count). The number of azo groups is 1. The molecule has 0 amide bonds. The van der Waals surface area contributed by atoms with Crippen molar-refractivity contribution < 1.29 is 9.53 Å². The summed E-state index contributed by atoms with van der Waals surface area (Å²) in [6.45, 7) is 6.44. The molecule has 1 aliphatic carbocycles. The van der Waals surface area contributed by atoms with Gasteiger partial charge in [0, 0.05) is 23.3 Å². The minimum Gasteiger partial charge on any atom is -0.497 e. The fourth-order valence-electron chi connectivity index (χ4n) is 4.78. The Kier molecular flexibility index (Phi) is 3.79. The summed E-state index contributed by atoms with van der Waals surface area (Å²) in [6.07, 6.45) is 3.82. The summed E-state index contributed by atoms with van der Waals surface area (Å²) in [4.78, 5) is 13.3. The lowest BCUT2D eigenvalue weighted by Gasteiger charge is -2.47. The van der Waals surface area contributed by atoms with Gasteiger partial charge in [0.15, 0.2) is 11.9 Å². The molecule has 136 valence electrons. The van der Waals surface area contributed by atoms with Crippen molar-refractivity contribution in [3.8, 4) is 5.75 Å². The monoisotopic (exact) mass is 351 g/mol. The molecule has 26 heavy (non-hydrogen) atoms. The van der Waals surface area contributed by atoms with Crippen LogP contribution in [0, 0.1) is 5.41 Å². The highest BCUT2D eigenvalue weighted by Crippen LogP contribution is 2.53. The molecule has 0 aromatic heterocycles. The maximum atomic E-state index is 13.3. The van der Waals surface area contributed by atoms with Crippen molar-refractivity contribution in [1.82, 2.24) is 5.32 Å². The number of hydrogen-bond donors (Lipinski definition) is 1. The van der Waals surface area contributed by atoms with E-state index in [4.69, 9.17) is 4.74 Å². The van der Waals surface area contributed by atoms with Crippen LogP contribution in [0.3, 0.4) is 0 Å². The predicted octanol–water partition coefficient (Wildman–Crippen LogP) is 4.27. The molecular weight excluding hydrogens is 326 g/mol. The lowest BCUT2D eigenvalue weighted by molar-refractivity contribution is -0.119. The van der Waals surface area contributed by atoms with E-state index in [2.05, 4.69) is 42.4 Å². The number of methoxy groups -OCH3 is 1. The zero-order chi connectivity index (χ0) is 18.5. The van der Waals surface area contributed by atoms with Crippen LogP contribution in [-0.4, -0.2) is 19.1 Å². The normalized spacial score (nSPS) is 29.0. The lowest BCUT2D eigenvalue weighted by Crippen LogP contribution is -2.51. The molecule has 0 saturated heterocycles. The number of rotatable bonds is 3. The first kappa shape index (κ1) is 17.0. The zero-order valence-electron chi connectivity index (χ0n) is 15.8. The summed E-state index contributed by atoms with van der Waals surface area (Å²) >= 11 is 0. The fourth-order valence-corrected chi connectivity index (χ4v) is 4.78. The SMILES string of the molecule is CC[C@]1(c2cccc(OC)c2)C2=CN=NC2NC2=C1C(=O)CC(C)(C)C2. The van der Waals surface area contributed by atoms with Crippen LogP contribution in [-0.2, 0) is 10.2 Å². The van der Waals surface area contributed by atoms with Crippen molar-refractivity contribution in [2.45, 2.75) is 51.6 Å². The molecule has 0 spiro atoms. The van der Waals surface area contributed by atoms with Crippen molar-refractivity contribution in [3.63, 3.8) is 0 Å². The van der Waals surface area contributed by atoms with E-state index >= 15 is 0 Å². The van der Waals surface area contributed by atoms with Crippen LogP contribution in [0.15, 0.2) is 57.5 Å². The second kappa shape index (κ2) is 5.79. The Morgan fingerprint density at radius 3 is 2.85 bits per heavy atom. The van der Waals surface area contributed by atoms with Crippen LogP contribution in [0.5, 0.6) is 5.75 Å². The van der Waals surface area contributed by atoms with Crippen LogP contribution >= 0.6 is 0 Å². The standard InChI is InChI=1S/C21H25N3O2/c1-5-21(13-7-6-8-14(9-13)26-4)15-12-22-24-19(15)23-16-10-20(2,3)11-17(25)18(16)21/h6-9,12,19,23H,5,10-11H2,1-4H3/t19?,21-/m0/s1. The van der Waals surface area contributed by atoms with Crippen LogP contribution in [0.4, 0.5) is 0 Å². The van der Waals surface area contributed by atoms with Gasteiger partial charge in [0.05, 0.1) is 18.7 Å². The molecule has 2 atom stereocenters. The number of carbonyl (C=O) groups is 1. The molecule has 0 bridgehead atoms. The molecule has 1 aromatic rings. The number of allylic oxidation sites excluding steroid dienone is 2. The molecular formula is C21H25N3O2. The molecule has 5 heteroatoms. The van der Waals surface area contributed by atoms with Gasteiger partial charge in [-0.15, -0.1) is 0 Å². The highest BCUT2D eigenvalue weighted by atomic mass is 16.5. The van der Waals surface area contributed by atoms with Gasteiger partial charge in [-0.25, -0.2) is 0 Å². The van der Waals surface area contributed by atoms with Gasteiger partial charge in [0.25, 0.3) is 0 Å². The van der Waals surface area contributed by atoms with Gasteiger partial charge >= 0.3 is 0 Å². The maximum Gasteiger partial charge on any atom is 0.164 e. The molecule has 1 unspecified atom stereocenters. The lowest BCUT2D eigenvalue weighted by atomic mass is 9.59. The second-order valence-electron chi connectivity index (χ2n) is 8.15. The van der Waals surface area contributed by atoms with Crippen LogP contribution in [0.25, 0.3) is 0 Å². The summed E-state index contributed by atoms with van der Waals surface area (Å²) in [5.41, 5.74) is 3.50. The highest BCUT2D eigenvalue weighted by Gasteiger charge is 2.52. The Labute approximate surface area is 154 Å². The van der Waals surface area contributed by atoms with Crippen molar-refractivity contribution in [2.24, 2.45) is 15.6 Å². The first-order chi connectivity index (χ1) is 12.4. The number of nitrogens with zero attached hydrogens (tertiary/aromatic N) is 2. The number of ketones is 1. The molecule has 0 fully saturated rings. The Morgan fingerprint density at radius 1 is 1.31 bits per heavy atom. The van der Waals surface area contributed by atoms with Crippen molar-refractivity contribution in [1.29, 1.82) is 0 Å². The third kappa shape index (κ3) is 2.33. The van der Waals surface area contributed by atoms with Crippen LogP contribution in [0.2, 0.25) is 0 Å². The molecule has 5 nitrogen and oxygen atoms in total. The summed E-state index contributed by atoms with van der Waals surface area (Å²) in [6, 6.07) is 8.06. The number of nitrogens with one attached hydrogen (secondary N) is 1. The van der Waals surface area contributed by atoms with Crippen molar-refractivity contribution >= 4 is 5.78 Å². The first-order valence-corrected chi connectivity index (χ1v) is 9.20. The highest BCUT2D eigenvalue weighted by molar-refractivity contribution is 6.01. The quantitative estimate of drug-likeness (QED) is 0.885. The average molecular weight is 351 g/mol. The molecule has 1 aromatic carbocycles. The Balaban J connectivity index is 1.99. The number of Topliss-reactive ketones (excluding diaryl/α,β-unsaturated/α-hetero) is 1. The number of fused-ring (bicyclic) bond motifs is 1. The maximum absolute atomic E-state index is 13.3. The van der Waals surface area contributed by atoms with E-state index in [1.165, 1.54) is 0 Å². The van der Waals surface area contributed by atoms with Gasteiger partial charge in [-0.1, -0.05) is 32.9 Å². The molecule has 3 aliphatic rings. The van der Waals surface area contributed by atoms with Gasteiger partial charge in [0.1, 0.15) is 5.75 Å². The minimum absolute atomic E-state index is 0.0479. The summed E-state index contributed by atoms with van der Waals surface area (Å²) < 4.78 is 5.46. The summed E-state index contributed by atoms with van der Waals surface area (Å²) in [7, 11) is 1.67.